The van der Waals surface area contributed by atoms with E-state index < -0.39 is 0 Å². The molecule has 0 spiro atoms. The lowest BCUT2D eigenvalue weighted by Crippen LogP contribution is -2.18. The number of furan rings is 1. The van der Waals surface area contributed by atoms with Gasteiger partial charge in [0, 0.05) is 12.1 Å². The van der Waals surface area contributed by atoms with Gasteiger partial charge in [0.05, 0.1) is 32.8 Å². The summed E-state index contributed by atoms with van der Waals surface area (Å²) >= 11 is 0. The molecule has 0 bridgehead atoms. The van der Waals surface area contributed by atoms with Crippen molar-refractivity contribution >= 4 is 11.6 Å². The smallest absolute Gasteiger partial charge is 0.250 e. The summed E-state index contributed by atoms with van der Waals surface area (Å²) in [6, 6.07) is 10.3. The Hall–Kier alpha value is -3.26. The Kier molecular flexibility index (Phi) is 5.55. The summed E-state index contributed by atoms with van der Waals surface area (Å²) < 4.78 is 26.1. The number of benzene rings is 1. The van der Waals surface area contributed by atoms with Crippen LogP contribution in [0.15, 0.2) is 51.6 Å². The van der Waals surface area contributed by atoms with Crippen LogP contribution in [0.25, 0.3) is 11.5 Å². The fraction of sp³-hybridized carbons (Fsp3) is 0.222. The summed E-state index contributed by atoms with van der Waals surface area (Å²) in [5, 5.41) is 6.60. The minimum Gasteiger partial charge on any atom is -0.497 e. The standard InChI is InChI=1S/C18H18N2O6/c1-22-13-5-6-15(23-2)14(9-13)19-18(21)11-24-10-12-8-17(26-20-12)16-4-3-7-25-16/h3-9H,10-11H2,1-2H3,(H,19,21). The van der Waals surface area contributed by atoms with Gasteiger partial charge in [-0.15, -0.1) is 0 Å². The van der Waals surface area contributed by atoms with Crippen LogP contribution in [0.4, 0.5) is 5.69 Å². The lowest BCUT2D eigenvalue weighted by Gasteiger charge is -2.11. The Morgan fingerprint density at radius 3 is 2.77 bits per heavy atom. The fourth-order valence-corrected chi connectivity index (χ4v) is 2.26. The second kappa shape index (κ2) is 8.21. The zero-order chi connectivity index (χ0) is 18.4. The van der Waals surface area contributed by atoms with Crippen molar-refractivity contribution in [3.8, 4) is 23.0 Å². The molecular weight excluding hydrogens is 340 g/mol. The van der Waals surface area contributed by atoms with Crippen LogP contribution in [0.1, 0.15) is 5.69 Å². The van der Waals surface area contributed by atoms with Crippen molar-refractivity contribution in [2.45, 2.75) is 6.61 Å². The molecule has 0 aliphatic rings. The summed E-state index contributed by atoms with van der Waals surface area (Å²) in [7, 11) is 3.07. The Morgan fingerprint density at radius 1 is 1.15 bits per heavy atom. The van der Waals surface area contributed by atoms with E-state index in [9.17, 15) is 4.79 Å². The summed E-state index contributed by atoms with van der Waals surface area (Å²) in [5.74, 6) is 1.88. The van der Waals surface area contributed by atoms with E-state index in [4.69, 9.17) is 23.2 Å². The largest absolute Gasteiger partial charge is 0.497 e. The molecule has 8 nitrogen and oxygen atoms in total. The summed E-state index contributed by atoms with van der Waals surface area (Å²) in [5.41, 5.74) is 1.06. The maximum atomic E-state index is 12.1. The van der Waals surface area contributed by atoms with Gasteiger partial charge in [0.2, 0.25) is 11.7 Å². The first-order valence-corrected chi connectivity index (χ1v) is 7.78. The minimum absolute atomic E-state index is 0.132. The van der Waals surface area contributed by atoms with Crippen LogP contribution in [0.3, 0.4) is 0 Å². The number of hydrogen-bond donors (Lipinski definition) is 1. The fourth-order valence-electron chi connectivity index (χ4n) is 2.26. The van der Waals surface area contributed by atoms with Crippen molar-refractivity contribution in [2.24, 2.45) is 0 Å². The molecule has 136 valence electrons. The van der Waals surface area contributed by atoms with Gasteiger partial charge in [-0.1, -0.05) is 5.16 Å². The number of nitrogens with zero attached hydrogens (tertiary/aromatic N) is 1. The highest BCUT2D eigenvalue weighted by Crippen LogP contribution is 2.28. The van der Waals surface area contributed by atoms with Gasteiger partial charge in [0.25, 0.3) is 0 Å². The van der Waals surface area contributed by atoms with Crippen molar-refractivity contribution in [3.63, 3.8) is 0 Å². The van der Waals surface area contributed by atoms with E-state index in [0.717, 1.165) is 0 Å². The minimum atomic E-state index is -0.327. The van der Waals surface area contributed by atoms with Gasteiger partial charge in [0.15, 0.2) is 5.76 Å². The molecule has 2 heterocycles. The predicted molar refractivity (Wildman–Crippen MR) is 92.0 cm³/mol. The van der Waals surface area contributed by atoms with Crippen LogP contribution in [0.5, 0.6) is 11.5 Å². The van der Waals surface area contributed by atoms with Crippen LogP contribution in [-0.2, 0) is 16.1 Å². The predicted octanol–water partition coefficient (Wildman–Crippen LogP) is 3.11. The number of carbonyl (C=O) groups is 1. The normalized spacial score (nSPS) is 10.5. The number of ether oxygens (including phenoxy) is 3. The highest BCUT2D eigenvalue weighted by Gasteiger charge is 2.12. The first kappa shape index (κ1) is 17.6. The molecule has 0 saturated heterocycles. The molecule has 2 aromatic heterocycles. The van der Waals surface area contributed by atoms with Gasteiger partial charge in [-0.25, -0.2) is 0 Å². The molecule has 3 aromatic rings. The van der Waals surface area contributed by atoms with Gasteiger partial charge in [-0.2, -0.15) is 0 Å². The Morgan fingerprint density at radius 2 is 2.04 bits per heavy atom. The average Bonchev–Trinajstić information content (AvgIpc) is 3.33. The molecule has 1 amide bonds. The lowest BCUT2D eigenvalue weighted by molar-refractivity contribution is -0.121. The van der Waals surface area contributed by atoms with Gasteiger partial charge < -0.3 is 28.5 Å². The van der Waals surface area contributed by atoms with E-state index in [2.05, 4.69) is 10.5 Å². The van der Waals surface area contributed by atoms with E-state index in [1.807, 2.05) is 0 Å². The van der Waals surface area contributed by atoms with Crippen LogP contribution >= 0.6 is 0 Å². The number of carbonyl (C=O) groups excluding carboxylic acids is 1. The molecule has 8 heteroatoms. The van der Waals surface area contributed by atoms with Gasteiger partial charge in [-0.05, 0) is 24.3 Å². The summed E-state index contributed by atoms with van der Waals surface area (Å²) in [6.45, 7) is -0.0177. The van der Waals surface area contributed by atoms with E-state index in [-0.39, 0.29) is 19.1 Å². The van der Waals surface area contributed by atoms with Gasteiger partial charge in [-0.3, -0.25) is 4.79 Å². The van der Waals surface area contributed by atoms with Crippen LogP contribution < -0.4 is 14.8 Å². The van der Waals surface area contributed by atoms with Crippen molar-refractivity contribution < 1.29 is 27.9 Å². The third kappa shape index (κ3) is 4.22. The molecule has 0 unspecified atom stereocenters. The number of aromatic nitrogens is 1. The second-order valence-corrected chi connectivity index (χ2v) is 5.27. The number of anilines is 1. The number of nitrogens with one attached hydrogen (secondary N) is 1. The molecule has 3 rings (SSSR count). The Labute approximate surface area is 149 Å². The van der Waals surface area contributed by atoms with Crippen LogP contribution in [0, 0.1) is 0 Å². The van der Waals surface area contributed by atoms with Gasteiger partial charge >= 0.3 is 0 Å². The zero-order valence-corrected chi connectivity index (χ0v) is 14.4. The zero-order valence-electron chi connectivity index (χ0n) is 14.4. The Balaban J connectivity index is 1.52. The quantitative estimate of drug-likeness (QED) is 0.661. The van der Waals surface area contributed by atoms with E-state index >= 15 is 0 Å². The SMILES string of the molecule is COc1ccc(OC)c(NC(=O)COCc2cc(-c3ccco3)on2)c1. The molecule has 0 atom stereocenters. The van der Waals surface area contributed by atoms with Crippen molar-refractivity contribution in [3.05, 3.63) is 48.4 Å². The maximum absolute atomic E-state index is 12.1. The molecule has 0 radical (unpaired) electrons. The molecule has 0 aliphatic heterocycles. The van der Waals surface area contributed by atoms with E-state index in [1.54, 1.807) is 49.8 Å². The third-order valence-corrected chi connectivity index (χ3v) is 3.49. The molecule has 1 aromatic carbocycles. The molecule has 0 saturated carbocycles. The van der Waals surface area contributed by atoms with Crippen molar-refractivity contribution in [1.29, 1.82) is 0 Å². The maximum Gasteiger partial charge on any atom is 0.250 e. The van der Waals surface area contributed by atoms with Crippen molar-refractivity contribution in [1.82, 2.24) is 5.16 Å². The van der Waals surface area contributed by atoms with E-state index in [1.165, 1.54) is 7.11 Å². The monoisotopic (exact) mass is 358 g/mol. The topological polar surface area (TPSA) is 96.0 Å². The Bertz CT molecular complexity index is 856. The molecule has 26 heavy (non-hydrogen) atoms. The first-order chi connectivity index (χ1) is 12.7. The summed E-state index contributed by atoms with van der Waals surface area (Å²) in [6.07, 6.45) is 1.55. The molecular formula is C18H18N2O6. The molecule has 0 aliphatic carbocycles. The highest BCUT2D eigenvalue weighted by atomic mass is 16.5. The second-order valence-electron chi connectivity index (χ2n) is 5.27. The molecule has 1 N–H and O–H groups in total. The number of hydrogen-bond acceptors (Lipinski definition) is 7. The third-order valence-electron chi connectivity index (χ3n) is 3.49. The number of methoxy groups -OCH3 is 2. The average molecular weight is 358 g/mol. The number of amides is 1. The van der Waals surface area contributed by atoms with Gasteiger partial charge in [0.1, 0.15) is 23.8 Å². The number of rotatable bonds is 8. The van der Waals surface area contributed by atoms with Crippen LogP contribution in [-0.4, -0.2) is 31.9 Å². The molecule has 0 fully saturated rings. The van der Waals surface area contributed by atoms with Crippen LogP contribution in [0.2, 0.25) is 0 Å². The highest BCUT2D eigenvalue weighted by molar-refractivity contribution is 5.93. The first-order valence-electron chi connectivity index (χ1n) is 7.78. The van der Waals surface area contributed by atoms with Crippen molar-refractivity contribution in [2.75, 3.05) is 26.1 Å². The lowest BCUT2D eigenvalue weighted by atomic mass is 10.2. The van der Waals surface area contributed by atoms with E-state index in [0.29, 0.717) is 34.4 Å². The summed E-state index contributed by atoms with van der Waals surface area (Å²) in [4.78, 5) is 12.1.